The molecule has 0 saturated heterocycles. The Hall–Kier alpha value is -1.82. The van der Waals surface area contributed by atoms with Crippen molar-refractivity contribution in [1.29, 1.82) is 0 Å². The number of non-ortho nitro benzene ring substituents is 1. The van der Waals surface area contributed by atoms with Crippen LogP contribution in [0.1, 0.15) is 0 Å². The molecule has 0 N–H and O–H groups in total. The Labute approximate surface area is 104 Å². The first-order valence-corrected chi connectivity index (χ1v) is 5.63. The van der Waals surface area contributed by atoms with Crippen molar-refractivity contribution in [3.05, 3.63) is 38.9 Å². The fraction of sp³-hybridized carbons (Fsp3) is 0.0909. The van der Waals surface area contributed by atoms with E-state index in [4.69, 9.17) is 9.47 Å². The standard InChI is InChI=1S/C11H6BrNO4/c12-10-6-2-1-3-8(13(14)15)7(6)4-9-11(10)17-5-16-9/h1-4H,5H2. The summed E-state index contributed by atoms with van der Waals surface area (Å²) < 4.78 is 11.2. The minimum atomic E-state index is -0.406. The molecule has 0 fully saturated rings. The topological polar surface area (TPSA) is 61.6 Å². The Morgan fingerprint density at radius 3 is 2.88 bits per heavy atom. The molecule has 5 nitrogen and oxygen atoms in total. The second-order valence-electron chi connectivity index (χ2n) is 3.55. The van der Waals surface area contributed by atoms with Crippen LogP contribution >= 0.6 is 15.9 Å². The monoisotopic (exact) mass is 295 g/mol. The molecular weight excluding hydrogens is 290 g/mol. The van der Waals surface area contributed by atoms with Crippen molar-refractivity contribution < 1.29 is 14.4 Å². The van der Waals surface area contributed by atoms with E-state index < -0.39 is 4.92 Å². The maximum atomic E-state index is 10.9. The lowest BCUT2D eigenvalue weighted by molar-refractivity contribution is -0.383. The highest BCUT2D eigenvalue weighted by Crippen LogP contribution is 2.45. The zero-order valence-corrected chi connectivity index (χ0v) is 10.1. The van der Waals surface area contributed by atoms with Gasteiger partial charge >= 0.3 is 0 Å². The van der Waals surface area contributed by atoms with Gasteiger partial charge in [-0.2, -0.15) is 0 Å². The van der Waals surface area contributed by atoms with Gasteiger partial charge in [-0.05, 0) is 22.0 Å². The normalized spacial score (nSPS) is 13.0. The minimum Gasteiger partial charge on any atom is -0.454 e. The van der Waals surface area contributed by atoms with Crippen LogP contribution in [0.4, 0.5) is 5.69 Å². The van der Waals surface area contributed by atoms with E-state index in [0.29, 0.717) is 21.4 Å². The summed E-state index contributed by atoms with van der Waals surface area (Å²) in [6, 6.07) is 6.55. The lowest BCUT2D eigenvalue weighted by Crippen LogP contribution is -1.93. The van der Waals surface area contributed by atoms with E-state index in [1.807, 2.05) is 0 Å². The molecule has 0 aromatic heterocycles. The summed E-state index contributed by atoms with van der Waals surface area (Å²) in [4.78, 5) is 10.5. The number of hydrogen-bond acceptors (Lipinski definition) is 4. The summed E-state index contributed by atoms with van der Waals surface area (Å²) in [5.74, 6) is 1.12. The Morgan fingerprint density at radius 1 is 1.29 bits per heavy atom. The summed E-state index contributed by atoms with van der Waals surface area (Å²) in [6.45, 7) is 0.137. The van der Waals surface area contributed by atoms with Crippen molar-refractivity contribution >= 4 is 32.4 Å². The van der Waals surface area contributed by atoms with Gasteiger partial charge in [0.05, 0.1) is 14.8 Å². The van der Waals surface area contributed by atoms with Crippen molar-refractivity contribution in [2.45, 2.75) is 0 Å². The Balaban J connectivity index is 2.43. The molecule has 3 rings (SSSR count). The highest BCUT2D eigenvalue weighted by Gasteiger charge is 2.23. The Kier molecular flexibility index (Phi) is 2.19. The smallest absolute Gasteiger partial charge is 0.277 e. The molecule has 1 aliphatic rings. The fourth-order valence-electron chi connectivity index (χ4n) is 1.88. The first kappa shape index (κ1) is 10.3. The van der Waals surface area contributed by atoms with E-state index in [0.717, 1.165) is 5.39 Å². The molecule has 1 heterocycles. The molecule has 0 atom stereocenters. The van der Waals surface area contributed by atoms with Crippen LogP contribution in [0, 0.1) is 10.1 Å². The molecule has 6 heteroatoms. The lowest BCUT2D eigenvalue weighted by Gasteiger charge is -2.05. The molecule has 0 radical (unpaired) electrons. The van der Waals surface area contributed by atoms with Crippen molar-refractivity contribution in [2.75, 3.05) is 6.79 Å². The average molecular weight is 296 g/mol. The summed E-state index contributed by atoms with van der Waals surface area (Å²) >= 11 is 3.39. The SMILES string of the molecule is O=[N+]([O-])c1cccc2c(Br)c3c(cc12)OCO3. The zero-order valence-electron chi connectivity index (χ0n) is 8.47. The molecule has 0 saturated carbocycles. The molecular formula is C11H6BrNO4. The highest BCUT2D eigenvalue weighted by molar-refractivity contribution is 9.10. The van der Waals surface area contributed by atoms with Crippen LogP contribution in [0.2, 0.25) is 0 Å². The summed E-state index contributed by atoms with van der Waals surface area (Å²) in [5, 5.41) is 12.2. The molecule has 0 amide bonds. The van der Waals surface area contributed by atoms with E-state index in [1.54, 1.807) is 18.2 Å². The second kappa shape index (κ2) is 3.59. The van der Waals surface area contributed by atoms with Crippen LogP contribution in [0.25, 0.3) is 10.8 Å². The summed E-state index contributed by atoms with van der Waals surface area (Å²) in [7, 11) is 0. The quantitative estimate of drug-likeness (QED) is 0.598. The van der Waals surface area contributed by atoms with Crippen molar-refractivity contribution in [1.82, 2.24) is 0 Å². The average Bonchev–Trinajstić information content (AvgIpc) is 2.77. The Morgan fingerprint density at radius 2 is 2.12 bits per heavy atom. The zero-order chi connectivity index (χ0) is 12.0. The number of ether oxygens (including phenoxy) is 2. The summed E-state index contributed by atoms with van der Waals surface area (Å²) in [5.41, 5.74) is 0.0569. The third kappa shape index (κ3) is 1.44. The van der Waals surface area contributed by atoms with Crippen LogP contribution in [0.15, 0.2) is 28.7 Å². The van der Waals surface area contributed by atoms with E-state index >= 15 is 0 Å². The van der Waals surface area contributed by atoms with E-state index in [9.17, 15) is 10.1 Å². The maximum absolute atomic E-state index is 10.9. The number of nitrogens with zero attached hydrogens (tertiary/aromatic N) is 1. The Bertz CT molecular complexity index is 641. The lowest BCUT2D eigenvalue weighted by atomic mass is 10.1. The molecule has 0 bridgehead atoms. The third-order valence-corrected chi connectivity index (χ3v) is 3.42. The van der Waals surface area contributed by atoms with Crippen LogP contribution in [-0.4, -0.2) is 11.7 Å². The van der Waals surface area contributed by atoms with Crippen molar-refractivity contribution in [3.8, 4) is 11.5 Å². The maximum Gasteiger partial charge on any atom is 0.277 e. The molecule has 0 aliphatic carbocycles. The number of nitro groups is 1. The third-order valence-electron chi connectivity index (χ3n) is 2.63. The van der Waals surface area contributed by atoms with Gasteiger partial charge in [0.2, 0.25) is 6.79 Å². The van der Waals surface area contributed by atoms with E-state index in [2.05, 4.69) is 15.9 Å². The van der Waals surface area contributed by atoms with Gasteiger partial charge in [-0.1, -0.05) is 12.1 Å². The largest absolute Gasteiger partial charge is 0.454 e. The molecule has 2 aromatic carbocycles. The molecule has 1 aliphatic heterocycles. The highest BCUT2D eigenvalue weighted by atomic mass is 79.9. The molecule has 17 heavy (non-hydrogen) atoms. The minimum absolute atomic E-state index is 0.0569. The van der Waals surface area contributed by atoms with Gasteiger partial charge in [-0.3, -0.25) is 10.1 Å². The molecule has 86 valence electrons. The van der Waals surface area contributed by atoms with Crippen molar-refractivity contribution in [3.63, 3.8) is 0 Å². The van der Waals surface area contributed by atoms with Crippen LogP contribution in [0.3, 0.4) is 0 Å². The van der Waals surface area contributed by atoms with Gasteiger partial charge in [0.1, 0.15) is 0 Å². The number of halogens is 1. The fourth-order valence-corrected chi connectivity index (χ4v) is 2.53. The summed E-state index contributed by atoms with van der Waals surface area (Å²) in [6.07, 6.45) is 0. The van der Waals surface area contributed by atoms with Gasteiger partial charge < -0.3 is 9.47 Å². The van der Waals surface area contributed by atoms with Gasteiger partial charge in [0, 0.05) is 11.5 Å². The first-order chi connectivity index (χ1) is 8.18. The van der Waals surface area contributed by atoms with Crippen LogP contribution in [0.5, 0.6) is 11.5 Å². The first-order valence-electron chi connectivity index (χ1n) is 4.83. The molecule has 2 aromatic rings. The number of benzene rings is 2. The predicted octanol–water partition coefficient (Wildman–Crippen LogP) is 3.24. The number of nitro benzene ring substituents is 1. The molecule has 0 spiro atoms. The van der Waals surface area contributed by atoms with Gasteiger partial charge in [0.25, 0.3) is 5.69 Å². The van der Waals surface area contributed by atoms with Gasteiger partial charge in [0.15, 0.2) is 11.5 Å². The molecule has 0 unspecified atom stereocenters. The van der Waals surface area contributed by atoms with Crippen LogP contribution in [-0.2, 0) is 0 Å². The van der Waals surface area contributed by atoms with Gasteiger partial charge in [-0.15, -0.1) is 0 Å². The number of fused-ring (bicyclic) bond motifs is 2. The second-order valence-corrected chi connectivity index (χ2v) is 4.35. The number of hydrogen-bond donors (Lipinski definition) is 0. The van der Waals surface area contributed by atoms with E-state index in [1.165, 1.54) is 6.07 Å². The van der Waals surface area contributed by atoms with E-state index in [-0.39, 0.29) is 12.5 Å². The van der Waals surface area contributed by atoms with Crippen molar-refractivity contribution in [2.24, 2.45) is 0 Å². The number of rotatable bonds is 1. The van der Waals surface area contributed by atoms with Crippen LogP contribution < -0.4 is 9.47 Å². The predicted molar refractivity (Wildman–Crippen MR) is 64.4 cm³/mol. The van der Waals surface area contributed by atoms with Gasteiger partial charge in [-0.25, -0.2) is 0 Å².